The summed E-state index contributed by atoms with van der Waals surface area (Å²) in [6.45, 7) is 0.604. The van der Waals surface area contributed by atoms with Gasteiger partial charge in [0.1, 0.15) is 6.04 Å². The maximum Gasteiger partial charge on any atom is 2.00 e. The fourth-order valence-electron chi connectivity index (χ4n) is 0.632. The van der Waals surface area contributed by atoms with Crippen LogP contribution in [0.5, 0.6) is 0 Å². The zero-order valence-electron chi connectivity index (χ0n) is 7.52. The van der Waals surface area contributed by atoms with E-state index in [1.165, 1.54) is 0 Å². The number of unbranched alkanes of at least 4 members (excludes halogenated alkanes) is 1. The van der Waals surface area contributed by atoms with Gasteiger partial charge in [0.15, 0.2) is 0 Å². The number of hydrogen-bond donors (Lipinski definition) is 3. The molecule has 76 valence electrons. The quantitative estimate of drug-likeness (QED) is 0.378. The number of aliphatic carboxylic acids is 1. The van der Waals surface area contributed by atoms with Gasteiger partial charge in [-0.15, -0.1) is 0 Å². The van der Waals surface area contributed by atoms with Crippen LogP contribution in [0.15, 0.2) is 0 Å². The van der Waals surface area contributed by atoms with Crippen molar-refractivity contribution in [2.24, 2.45) is 11.5 Å². The zero-order valence-corrected chi connectivity index (χ0v) is 8.93. The maximum absolute atomic E-state index is 10.1. The van der Waals surface area contributed by atoms with Gasteiger partial charge in [-0.2, -0.15) is 0 Å². The predicted molar refractivity (Wildman–Crippen MR) is 48.1 cm³/mol. The van der Waals surface area contributed by atoms with E-state index >= 15 is 0 Å². The van der Waals surface area contributed by atoms with Gasteiger partial charge in [-0.05, 0) is 19.4 Å². The first-order valence-corrected chi connectivity index (χ1v) is 3.37. The molecule has 0 spiro atoms. The molecule has 0 aromatic rings. The van der Waals surface area contributed by atoms with Crippen LogP contribution in [0, 0.1) is 0 Å². The molecule has 6 nitrogen and oxygen atoms in total. The van der Waals surface area contributed by atoms with Crippen molar-refractivity contribution >= 4 is 29.0 Å². The third-order valence-electron chi connectivity index (χ3n) is 1.29. The largest absolute Gasteiger partial charge is 2.00 e. The van der Waals surface area contributed by atoms with Crippen LogP contribution in [-0.4, -0.2) is 57.7 Å². The predicted octanol–water partition coefficient (Wildman–Crippen LogP) is -1.21. The second-order valence-corrected chi connectivity index (χ2v) is 2.23. The van der Waals surface area contributed by atoms with Gasteiger partial charge in [0.25, 0.3) is 0 Å². The van der Waals surface area contributed by atoms with Crippen LogP contribution >= 0.6 is 0 Å². The molecule has 0 aromatic carbocycles. The van der Waals surface area contributed by atoms with Crippen molar-refractivity contribution in [2.75, 3.05) is 6.54 Å². The summed E-state index contributed by atoms with van der Waals surface area (Å²) in [6.07, 6.45) is 2.16. The van der Waals surface area contributed by atoms with Gasteiger partial charge in [-0.3, -0.25) is 4.79 Å². The molecule has 0 radical (unpaired) electrons. The van der Waals surface area contributed by atoms with Crippen molar-refractivity contribution < 1.29 is 20.9 Å². The van der Waals surface area contributed by atoms with Crippen molar-refractivity contribution in [3.8, 4) is 0 Å². The van der Waals surface area contributed by atoms with Gasteiger partial charge in [0, 0.05) is 0 Å². The van der Waals surface area contributed by atoms with Crippen LogP contribution in [0.3, 0.4) is 0 Å². The van der Waals surface area contributed by atoms with Crippen LogP contribution in [0.2, 0.25) is 0 Å². The molecule has 0 heterocycles. The Morgan fingerprint density at radius 1 is 1.31 bits per heavy atom. The van der Waals surface area contributed by atoms with E-state index in [0.29, 0.717) is 13.0 Å². The van der Waals surface area contributed by atoms with Crippen molar-refractivity contribution in [3.63, 3.8) is 0 Å². The normalized spacial score (nSPS) is 10.0. The van der Waals surface area contributed by atoms with Gasteiger partial charge in [0.05, 0.1) is 0 Å². The first-order valence-electron chi connectivity index (χ1n) is 3.37. The Labute approximate surface area is 93.4 Å². The fourth-order valence-corrected chi connectivity index (χ4v) is 0.632. The van der Waals surface area contributed by atoms with E-state index in [-0.39, 0.29) is 34.0 Å². The summed E-state index contributed by atoms with van der Waals surface area (Å²) in [4.78, 5) is 10.1. The van der Waals surface area contributed by atoms with Crippen molar-refractivity contribution in [2.45, 2.75) is 25.3 Å². The molecule has 0 saturated heterocycles. The van der Waals surface area contributed by atoms with E-state index in [4.69, 9.17) is 16.6 Å². The summed E-state index contributed by atoms with van der Waals surface area (Å²) in [5.41, 5.74) is 10.4. The van der Waals surface area contributed by atoms with Gasteiger partial charge in [-0.25, -0.2) is 0 Å². The molecule has 7 N–H and O–H groups in total. The van der Waals surface area contributed by atoms with Crippen molar-refractivity contribution in [1.82, 2.24) is 0 Å². The molecule has 7 heteroatoms. The average molecular weight is 205 g/mol. The molecule has 0 amide bonds. The molecule has 1 unspecified atom stereocenters. The third kappa shape index (κ3) is 14.9. The first-order chi connectivity index (χ1) is 4.68. The summed E-state index contributed by atoms with van der Waals surface area (Å²) < 4.78 is 0. The topological polar surface area (TPSA) is 149 Å². The Morgan fingerprint density at radius 2 is 1.77 bits per heavy atom. The Balaban J connectivity index is -0.000000135. The first kappa shape index (κ1) is 23.1. The van der Waals surface area contributed by atoms with Crippen LogP contribution in [0.25, 0.3) is 0 Å². The number of carboxylic acid groups (broad SMARTS) is 1. The maximum atomic E-state index is 10.1. The Kier molecular flexibility index (Phi) is 26.0. The molecule has 0 saturated carbocycles. The molecule has 0 aliphatic heterocycles. The van der Waals surface area contributed by atoms with Crippen LogP contribution in [0.4, 0.5) is 0 Å². The number of rotatable bonds is 5. The van der Waals surface area contributed by atoms with E-state index in [1.807, 2.05) is 0 Å². The van der Waals surface area contributed by atoms with Crippen molar-refractivity contribution in [3.05, 3.63) is 0 Å². The number of hydrogen-bond acceptors (Lipinski definition) is 5. The number of carboxylic acids is 1. The summed E-state index contributed by atoms with van der Waals surface area (Å²) >= 11 is 0. The molecular formula is C6H16MgN2O4. The minimum atomic E-state index is -0.933. The molecule has 1 atom stereocenters. The zero-order chi connectivity index (χ0) is 7.98. The number of nitrogens with two attached hydrogens (primary N) is 2. The molecular weight excluding hydrogens is 188 g/mol. The molecule has 0 aromatic heterocycles. The van der Waals surface area contributed by atoms with E-state index in [1.54, 1.807) is 0 Å². The summed E-state index contributed by atoms with van der Waals surface area (Å²) in [5, 5.41) is 8.33. The van der Waals surface area contributed by atoms with Crippen LogP contribution in [0.1, 0.15) is 19.3 Å². The summed E-state index contributed by atoms with van der Waals surface area (Å²) in [5.74, 6) is -0.933. The SMILES string of the molecule is NCCCCC(N)C(=O)O.[Mg+2].[OH-].[OH-]. The molecule has 0 aliphatic rings. The fraction of sp³-hybridized carbons (Fsp3) is 0.833. The smallest absolute Gasteiger partial charge is 0.870 e. The van der Waals surface area contributed by atoms with E-state index in [2.05, 4.69) is 0 Å². The average Bonchev–Trinajstić information content (AvgIpc) is 1.88. The second kappa shape index (κ2) is 14.6. The van der Waals surface area contributed by atoms with Crippen LogP contribution in [-0.2, 0) is 4.79 Å². The third-order valence-corrected chi connectivity index (χ3v) is 1.29. The molecule has 0 aliphatic carbocycles. The monoisotopic (exact) mass is 204 g/mol. The van der Waals surface area contributed by atoms with E-state index in [0.717, 1.165) is 12.8 Å². The van der Waals surface area contributed by atoms with Gasteiger partial charge in [0.2, 0.25) is 0 Å². The minimum Gasteiger partial charge on any atom is -0.870 e. The van der Waals surface area contributed by atoms with Crippen LogP contribution < -0.4 is 11.5 Å². The van der Waals surface area contributed by atoms with E-state index in [9.17, 15) is 4.79 Å². The molecule has 13 heavy (non-hydrogen) atoms. The molecule has 0 fully saturated rings. The summed E-state index contributed by atoms with van der Waals surface area (Å²) in [6, 6.07) is -0.716. The van der Waals surface area contributed by atoms with E-state index < -0.39 is 12.0 Å². The second-order valence-electron chi connectivity index (χ2n) is 2.23. The number of carbonyl (C=O) groups is 1. The van der Waals surface area contributed by atoms with Crippen molar-refractivity contribution in [1.29, 1.82) is 0 Å². The summed E-state index contributed by atoms with van der Waals surface area (Å²) in [7, 11) is 0. The Hall–Kier alpha value is 0.0762. The molecule has 0 bridgehead atoms. The Morgan fingerprint density at radius 3 is 2.08 bits per heavy atom. The molecule has 0 rings (SSSR count). The Bertz CT molecular complexity index is 115. The minimum absolute atomic E-state index is 0. The standard InChI is InChI=1S/C6H14N2O2.Mg.2H2O/c7-4-2-1-3-5(8)6(9)10;;;/h5H,1-4,7-8H2,(H,9,10);;2*1H2/q;+2;;/p-2. The van der Waals surface area contributed by atoms with Gasteiger partial charge >= 0.3 is 29.0 Å². The van der Waals surface area contributed by atoms with Gasteiger partial charge in [-0.1, -0.05) is 6.42 Å². The van der Waals surface area contributed by atoms with Gasteiger partial charge < -0.3 is 27.5 Å².